The molecule has 20 nitrogen and oxygen atoms in total. The molecule has 21 aliphatic carbocycles. The first-order chi connectivity index (χ1) is 65.6. The van der Waals surface area contributed by atoms with E-state index < -0.39 is 90.7 Å². The van der Waals surface area contributed by atoms with E-state index >= 15 is 0 Å². The van der Waals surface area contributed by atoms with Gasteiger partial charge in [0.25, 0.3) is 0 Å². The van der Waals surface area contributed by atoms with Gasteiger partial charge in [0.2, 0.25) is 5.60 Å². The Hall–Kier alpha value is -5.30. The molecule has 0 heterocycles. The first-order valence-electron chi connectivity index (χ1n) is 57.7. The molecular formula is C121H210O20. The molecule has 21 rings (SSSR count). The Morgan fingerprint density at radius 1 is 0.277 bits per heavy atom. The van der Waals surface area contributed by atoms with Gasteiger partial charge in [-0.25, -0.2) is 19.2 Å². The van der Waals surface area contributed by atoms with E-state index in [-0.39, 0.29) is 77.3 Å². The van der Waals surface area contributed by atoms with E-state index in [1.165, 1.54) is 173 Å². The van der Waals surface area contributed by atoms with E-state index in [0.29, 0.717) is 50.4 Å². The van der Waals surface area contributed by atoms with Crippen LogP contribution in [0.15, 0.2) is 0 Å². The third-order valence-electron chi connectivity index (χ3n) is 39.7. The molecule has 20 heteroatoms. The van der Waals surface area contributed by atoms with Gasteiger partial charge in [-0.3, -0.25) is 28.8 Å². The fourth-order valence-electron chi connectivity index (χ4n) is 30.2. The highest BCUT2D eigenvalue weighted by Crippen LogP contribution is 2.77. The summed E-state index contributed by atoms with van der Waals surface area (Å²) in [6.07, 6.45) is 39.6. The lowest BCUT2D eigenvalue weighted by atomic mass is 9.31. The number of ether oxygens (including phenoxy) is 10. The van der Waals surface area contributed by atoms with Crippen molar-refractivity contribution in [3.63, 3.8) is 0 Å². The van der Waals surface area contributed by atoms with Gasteiger partial charge in [0.05, 0.1) is 33.7 Å². The molecular weight excluding hydrogens is 1770 g/mol. The Balaban J connectivity index is 0.000000234. The van der Waals surface area contributed by atoms with Crippen LogP contribution in [0.25, 0.3) is 0 Å². The highest BCUT2D eigenvalue weighted by molar-refractivity contribution is 5.85. The minimum Gasteiger partial charge on any atom is -0.465 e. The molecule has 22 bridgehead atoms. The second-order valence-corrected chi connectivity index (χ2v) is 52.7. The van der Waals surface area contributed by atoms with Gasteiger partial charge in [-0.15, -0.1) is 0 Å². The van der Waals surface area contributed by atoms with Crippen LogP contribution in [0.1, 0.15) is 488 Å². The Morgan fingerprint density at radius 2 is 0.567 bits per heavy atom. The largest absolute Gasteiger partial charge is 0.465 e. The molecule has 0 amide bonds. The number of carbonyl (C=O) groups excluding carboxylic acids is 10. The van der Waals surface area contributed by atoms with Crippen LogP contribution in [-0.2, 0) is 95.3 Å². The first kappa shape index (κ1) is 123. The first-order valence-corrected chi connectivity index (χ1v) is 57.7. The predicted molar refractivity (Wildman–Crippen MR) is 561 cm³/mol. The molecule has 0 aromatic rings. The maximum atomic E-state index is 13.0. The topological polar surface area (TPSA) is 263 Å². The molecule has 21 aliphatic rings. The van der Waals surface area contributed by atoms with Crippen molar-refractivity contribution in [2.24, 2.45) is 161 Å². The standard InChI is InChI=1S/C25H38O4.2C23H38O4.C22H36O4.C18H30O4.5C2H6/c1-6-23(2,3)22(27)28-13-21(26)29-24(4,5)25-10-18-15-7-14-8-16(18)20(12-25)17(9-14)19(15)11-25;1-8-20(2,3)18(24)26-21(4,5)19(25)27-22(6,7)23-12-15-9-16(13-23)11-17(10-15)14-23;1-6-21(2,3)20(25)26-9-7-8-19(24)27-22(4,5)23-13-16-10-17(14-23)12-18(11-16)15-23;1-7-20(3,4)19(24)25-14(2)18(23)26-21(5,6)22-11-15-8-16(12-22)10-17(9-15)13-22;1-6-17(2,3)16(20)21-11-15(19)22-18(4,5)14-10-12-7-8-13(14)9-12;5*1-2/h14-20H,6-13H2,1-5H3;15-17H,8-14H2,1-7H3;16-18H,6-15H2,1-5H3;14-17H,7-13H2,1-6H3;12-14H,6-11H2,1-5H3;5*1-2H3. The normalized spacial score (nSPS) is 32.5. The van der Waals surface area contributed by atoms with Crippen molar-refractivity contribution in [3.05, 3.63) is 0 Å². The number of esters is 10. The van der Waals surface area contributed by atoms with Crippen LogP contribution >= 0.6 is 0 Å². The van der Waals surface area contributed by atoms with Crippen LogP contribution in [-0.4, -0.2) is 119 Å². The van der Waals surface area contributed by atoms with Gasteiger partial charge in [0, 0.05) is 34.0 Å². The van der Waals surface area contributed by atoms with Gasteiger partial charge in [-0.2, -0.15) is 0 Å². The van der Waals surface area contributed by atoms with Crippen LogP contribution < -0.4 is 0 Å². The average Bonchev–Trinajstić information content (AvgIpc) is 0.741. The third kappa shape index (κ3) is 27.9. The zero-order valence-corrected chi connectivity index (χ0v) is 97.1. The molecule has 0 aromatic heterocycles. The highest BCUT2D eigenvalue weighted by atomic mass is 16.6. The Kier molecular flexibility index (Phi) is 42.2. The summed E-state index contributed by atoms with van der Waals surface area (Å²) in [5.74, 6) is 12.4. The lowest BCUT2D eigenvalue weighted by molar-refractivity contribution is -0.273. The van der Waals surface area contributed by atoms with Gasteiger partial charge >= 0.3 is 59.7 Å². The zero-order valence-electron chi connectivity index (χ0n) is 97.1. The van der Waals surface area contributed by atoms with Crippen molar-refractivity contribution in [1.29, 1.82) is 0 Å². The molecule has 814 valence electrons. The molecule has 0 spiro atoms. The zero-order chi connectivity index (χ0) is 107. The van der Waals surface area contributed by atoms with Crippen LogP contribution in [0.5, 0.6) is 0 Å². The minimum atomic E-state index is -1.27. The van der Waals surface area contributed by atoms with Crippen LogP contribution in [0.4, 0.5) is 0 Å². The average molecular weight is 1980 g/mol. The lowest BCUT2D eigenvalue weighted by Crippen LogP contribution is -2.69. The quantitative estimate of drug-likeness (QED) is 0.0344. The van der Waals surface area contributed by atoms with Crippen molar-refractivity contribution in [2.45, 2.75) is 528 Å². The second-order valence-electron chi connectivity index (χ2n) is 52.7. The van der Waals surface area contributed by atoms with Gasteiger partial charge in [-0.1, -0.05) is 110 Å². The van der Waals surface area contributed by atoms with Crippen molar-refractivity contribution < 1.29 is 95.3 Å². The van der Waals surface area contributed by atoms with Gasteiger partial charge in [0.1, 0.15) is 28.0 Å². The number of rotatable bonds is 32. The van der Waals surface area contributed by atoms with Gasteiger partial charge < -0.3 is 47.4 Å². The summed E-state index contributed by atoms with van der Waals surface area (Å²) >= 11 is 0. The SMILES string of the molecule is CC.CC.CC.CC.CC.CCC(C)(C)C(=O)OC(C)(C)C(=O)OC(C)(C)C12CC3CC(CC(C3)C1)C2.CCC(C)(C)C(=O)OC(C)C(=O)OC(C)(C)C12CC3CC(CC(C3)C1)C2.CCC(C)(C)C(=O)OCC(=O)OC(C)(C)C12CC3C4CC5CC3C(C1)C(C5)C4C2.CCC(C)(C)C(=O)OCC(=O)OC(C)(C)C1CC2CCC1C2.CCC(C)(C)C(=O)OCCCC(=O)OC(C)(C)C12CC3CC(CC(C3)C1)C2. The second kappa shape index (κ2) is 48.6. The maximum absolute atomic E-state index is 13.0. The van der Waals surface area contributed by atoms with Crippen molar-refractivity contribution in [2.75, 3.05) is 19.8 Å². The summed E-state index contributed by atoms with van der Waals surface area (Å²) < 4.78 is 56.7. The Bertz CT molecular complexity index is 3950. The fourth-order valence-corrected chi connectivity index (χ4v) is 30.2. The van der Waals surface area contributed by atoms with Crippen LogP contribution in [0.3, 0.4) is 0 Å². The Labute approximate surface area is 858 Å². The van der Waals surface area contributed by atoms with Crippen LogP contribution in [0, 0.1) is 161 Å². The van der Waals surface area contributed by atoms with Crippen LogP contribution in [0.2, 0.25) is 0 Å². The van der Waals surface area contributed by atoms with Crippen molar-refractivity contribution in [3.8, 4) is 0 Å². The van der Waals surface area contributed by atoms with Gasteiger partial charge in [-0.05, 0) is 478 Å². The number of hydrogen-bond donors (Lipinski definition) is 0. The monoisotopic (exact) mass is 1980 g/mol. The summed E-state index contributed by atoms with van der Waals surface area (Å²) in [6, 6.07) is 0. The van der Waals surface area contributed by atoms with Crippen molar-refractivity contribution in [1.82, 2.24) is 0 Å². The van der Waals surface area contributed by atoms with Crippen molar-refractivity contribution >= 4 is 59.7 Å². The molecule has 0 radical (unpaired) electrons. The Morgan fingerprint density at radius 3 is 0.887 bits per heavy atom. The highest BCUT2D eigenvalue weighted by Gasteiger charge is 2.71. The molecule has 0 N–H and O–H groups in total. The van der Waals surface area contributed by atoms with E-state index in [1.54, 1.807) is 20.8 Å². The maximum Gasteiger partial charge on any atom is 0.350 e. The summed E-state index contributed by atoms with van der Waals surface area (Å²) in [7, 11) is 0. The summed E-state index contributed by atoms with van der Waals surface area (Å²) in [5.41, 5.74) is -5.97. The number of fused-ring (bicyclic) bond motifs is 2. The predicted octanol–water partition coefficient (Wildman–Crippen LogP) is 29.3. The number of hydrogen-bond acceptors (Lipinski definition) is 20. The molecule has 4 atom stereocenters. The smallest absolute Gasteiger partial charge is 0.350 e. The molecule has 141 heavy (non-hydrogen) atoms. The molecule has 0 aromatic carbocycles. The summed E-state index contributed by atoms with van der Waals surface area (Å²) in [4.78, 5) is 124. The molecule has 4 unspecified atom stereocenters. The van der Waals surface area contributed by atoms with Gasteiger partial charge in [0.15, 0.2) is 19.3 Å². The number of carbonyl (C=O) groups is 10. The summed E-state index contributed by atoms with van der Waals surface area (Å²) in [6.45, 7) is 73.7. The third-order valence-corrected chi connectivity index (χ3v) is 39.7. The molecule has 21 saturated carbocycles. The fraction of sp³-hybridized carbons (Fsp3) is 0.917. The molecule has 21 fully saturated rings. The summed E-state index contributed by atoms with van der Waals surface area (Å²) in [5, 5.41) is 0. The molecule has 0 saturated heterocycles. The van der Waals surface area contributed by atoms with E-state index in [1.807, 2.05) is 187 Å². The van der Waals surface area contributed by atoms with E-state index in [4.69, 9.17) is 47.4 Å². The lowest BCUT2D eigenvalue weighted by Gasteiger charge is -2.74. The van der Waals surface area contributed by atoms with E-state index in [9.17, 15) is 47.9 Å². The van der Waals surface area contributed by atoms with E-state index in [2.05, 4.69) is 55.4 Å². The van der Waals surface area contributed by atoms with E-state index in [0.717, 1.165) is 113 Å². The molecule has 0 aliphatic heterocycles. The minimum absolute atomic E-state index is 0.0835.